The van der Waals surface area contributed by atoms with Gasteiger partial charge in [-0.2, -0.15) is 0 Å². The van der Waals surface area contributed by atoms with Crippen molar-refractivity contribution < 1.29 is 13.5 Å². The third-order valence-electron chi connectivity index (χ3n) is 4.64. The predicted molar refractivity (Wildman–Crippen MR) is 76.9 cm³/mol. The number of nitrogens with two attached hydrogens (primary N) is 1. The van der Waals surface area contributed by atoms with Gasteiger partial charge in [0.15, 0.2) is 0 Å². The molecule has 0 radical (unpaired) electrons. The van der Waals surface area contributed by atoms with Crippen molar-refractivity contribution in [2.24, 2.45) is 5.73 Å². The van der Waals surface area contributed by atoms with E-state index in [4.69, 9.17) is 10.5 Å². The average molecular weight is 296 g/mol. The van der Waals surface area contributed by atoms with E-state index in [0.717, 1.165) is 25.5 Å². The first kappa shape index (κ1) is 14.9. The number of fused-ring (bicyclic) bond motifs is 1. The van der Waals surface area contributed by atoms with E-state index in [0.29, 0.717) is 24.8 Å². The summed E-state index contributed by atoms with van der Waals surface area (Å²) in [5.41, 5.74) is 6.54. The van der Waals surface area contributed by atoms with Crippen molar-refractivity contribution in [3.63, 3.8) is 0 Å². The molecule has 0 bridgehead atoms. The molecule has 1 aromatic rings. The Hall–Kier alpha value is -1.04. The van der Waals surface area contributed by atoms with Crippen LogP contribution in [0.2, 0.25) is 0 Å². The molecule has 1 aromatic carbocycles. The smallest absolute Gasteiger partial charge is 0.130 e. The summed E-state index contributed by atoms with van der Waals surface area (Å²) in [4.78, 5) is 2.32. The molecule has 0 amide bonds. The van der Waals surface area contributed by atoms with Crippen molar-refractivity contribution in [2.75, 3.05) is 19.7 Å². The third kappa shape index (κ3) is 3.25. The molecule has 0 aromatic heterocycles. The molecule has 1 heterocycles. The Balaban J connectivity index is 1.69. The van der Waals surface area contributed by atoms with Crippen LogP contribution in [-0.2, 0) is 4.74 Å². The summed E-state index contributed by atoms with van der Waals surface area (Å²) in [5.74, 6) is -1.13. The number of hydrogen-bond donors (Lipinski definition) is 1. The summed E-state index contributed by atoms with van der Waals surface area (Å²) in [6.07, 6.45) is 4.93. The average Bonchev–Trinajstić information content (AvgIpc) is 2.47. The fraction of sp³-hybridized carbons (Fsp3) is 0.625. The Morgan fingerprint density at radius 3 is 2.90 bits per heavy atom. The molecule has 2 aliphatic rings. The maximum Gasteiger partial charge on any atom is 0.130 e. The molecule has 3 nitrogen and oxygen atoms in total. The Bertz CT molecular complexity index is 495. The van der Waals surface area contributed by atoms with Gasteiger partial charge < -0.3 is 10.5 Å². The van der Waals surface area contributed by atoms with Gasteiger partial charge in [-0.1, -0.05) is 18.9 Å². The van der Waals surface area contributed by atoms with E-state index in [1.54, 1.807) is 0 Å². The number of rotatable bonds is 3. The van der Waals surface area contributed by atoms with Crippen molar-refractivity contribution in [3.8, 4) is 0 Å². The van der Waals surface area contributed by atoms with Gasteiger partial charge in [0.2, 0.25) is 0 Å². The summed E-state index contributed by atoms with van der Waals surface area (Å²) in [5, 5.41) is 0. The SMILES string of the molecule is NC(CN1CCOC2CCCCC21)c1ccc(F)cc1F. The number of nitrogens with zero attached hydrogens (tertiary/aromatic N) is 1. The van der Waals surface area contributed by atoms with Crippen molar-refractivity contribution in [3.05, 3.63) is 35.4 Å². The van der Waals surface area contributed by atoms with E-state index in [9.17, 15) is 8.78 Å². The monoisotopic (exact) mass is 296 g/mol. The van der Waals surface area contributed by atoms with Crippen LogP contribution in [0.5, 0.6) is 0 Å². The Morgan fingerprint density at radius 2 is 2.10 bits per heavy atom. The Kier molecular flexibility index (Phi) is 4.52. The highest BCUT2D eigenvalue weighted by atomic mass is 19.1. The number of halogens is 2. The summed E-state index contributed by atoms with van der Waals surface area (Å²) in [6, 6.07) is 3.57. The van der Waals surface area contributed by atoms with E-state index in [2.05, 4.69) is 4.90 Å². The summed E-state index contributed by atoms with van der Waals surface area (Å²) in [7, 11) is 0. The van der Waals surface area contributed by atoms with E-state index < -0.39 is 17.7 Å². The maximum atomic E-state index is 13.8. The van der Waals surface area contributed by atoms with Gasteiger partial charge in [0.25, 0.3) is 0 Å². The van der Waals surface area contributed by atoms with E-state index in [1.807, 2.05) is 0 Å². The number of benzene rings is 1. The molecule has 0 spiro atoms. The molecule has 3 atom stereocenters. The zero-order valence-corrected chi connectivity index (χ0v) is 12.1. The largest absolute Gasteiger partial charge is 0.375 e. The van der Waals surface area contributed by atoms with Crippen LogP contribution in [0, 0.1) is 11.6 Å². The van der Waals surface area contributed by atoms with Gasteiger partial charge in [0, 0.05) is 36.8 Å². The van der Waals surface area contributed by atoms with Gasteiger partial charge >= 0.3 is 0 Å². The molecule has 2 fully saturated rings. The van der Waals surface area contributed by atoms with E-state index in [1.165, 1.54) is 25.0 Å². The fourth-order valence-corrected chi connectivity index (χ4v) is 3.56. The molecule has 116 valence electrons. The summed E-state index contributed by atoms with van der Waals surface area (Å²) < 4.78 is 32.6. The van der Waals surface area contributed by atoms with Crippen molar-refractivity contribution in [2.45, 2.75) is 43.9 Å². The lowest BCUT2D eigenvalue weighted by atomic mass is 9.89. The number of hydrogen-bond acceptors (Lipinski definition) is 3. The molecule has 5 heteroatoms. The highest BCUT2D eigenvalue weighted by molar-refractivity contribution is 5.22. The molecule has 3 unspecified atom stereocenters. The van der Waals surface area contributed by atoms with Gasteiger partial charge in [-0.15, -0.1) is 0 Å². The van der Waals surface area contributed by atoms with Gasteiger partial charge in [-0.05, 0) is 18.9 Å². The van der Waals surface area contributed by atoms with Crippen LogP contribution in [0.1, 0.15) is 37.3 Å². The van der Waals surface area contributed by atoms with Gasteiger partial charge in [0.05, 0.1) is 12.7 Å². The second-order valence-corrected chi connectivity index (χ2v) is 6.03. The minimum Gasteiger partial charge on any atom is -0.375 e. The third-order valence-corrected chi connectivity index (χ3v) is 4.64. The lowest BCUT2D eigenvalue weighted by Crippen LogP contribution is -2.54. The molecular weight excluding hydrogens is 274 g/mol. The Labute approximate surface area is 124 Å². The minimum atomic E-state index is -0.567. The van der Waals surface area contributed by atoms with E-state index in [-0.39, 0.29) is 6.10 Å². The van der Waals surface area contributed by atoms with Crippen LogP contribution in [-0.4, -0.2) is 36.7 Å². The molecule has 3 rings (SSSR count). The fourth-order valence-electron chi connectivity index (χ4n) is 3.56. The molecular formula is C16H22F2N2O. The van der Waals surface area contributed by atoms with Crippen LogP contribution in [0.4, 0.5) is 8.78 Å². The molecule has 2 N–H and O–H groups in total. The summed E-state index contributed by atoms with van der Waals surface area (Å²) in [6.45, 7) is 2.13. The first-order valence-electron chi connectivity index (χ1n) is 7.71. The van der Waals surface area contributed by atoms with Crippen LogP contribution in [0.3, 0.4) is 0 Å². The standard InChI is InChI=1S/C16H22F2N2O/c17-11-5-6-12(13(18)9-11)14(19)10-20-7-8-21-16-4-2-1-3-15(16)20/h5-6,9,14-16H,1-4,7-8,10,19H2. The predicted octanol–water partition coefficient (Wildman–Crippen LogP) is 2.61. The van der Waals surface area contributed by atoms with Crippen LogP contribution >= 0.6 is 0 Å². The van der Waals surface area contributed by atoms with Gasteiger partial charge in [-0.25, -0.2) is 8.78 Å². The number of ether oxygens (including phenoxy) is 1. The van der Waals surface area contributed by atoms with Crippen LogP contribution in [0.15, 0.2) is 18.2 Å². The Morgan fingerprint density at radius 1 is 1.29 bits per heavy atom. The second kappa shape index (κ2) is 6.38. The molecule has 1 aliphatic heterocycles. The number of morpholine rings is 1. The van der Waals surface area contributed by atoms with Gasteiger partial charge in [0.1, 0.15) is 11.6 Å². The quantitative estimate of drug-likeness (QED) is 0.932. The van der Waals surface area contributed by atoms with Crippen molar-refractivity contribution in [1.29, 1.82) is 0 Å². The highest BCUT2D eigenvalue weighted by Crippen LogP contribution is 2.29. The van der Waals surface area contributed by atoms with Gasteiger partial charge in [-0.3, -0.25) is 4.90 Å². The second-order valence-electron chi connectivity index (χ2n) is 6.03. The molecule has 1 aliphatic carbocycles. The summed E-state index contributed by atoms with van der Waals surface area (Å²) >= 11 is 0. The zero-order valence-electron chi connectivity index (χ0n) is 12.1. The molecule has 1 saturated heterocycles. The minimum absolute atomic E-state index is 0.290. The lowest BCUT2D eigenvalue weighted by molar-refractivity contribution is -0.0894. The maximum absolute atomic E-state index is 13.8. The first-order chi connectivity index (χ1) is 10.1. The van der Waals surface area contributed by atoms with Crippen molar-refractivity contribution in [1.82, 2.24) is 4.90 Å². The zero-order chi connectivity index (χ0) is 14.8. The molecule has 21 heavy (non-hydrogen) atoms. The lowest BCUT2D eigenvalue weighted by Gasteiger charge is -2.44. The van der Waals surface area contributed by atoms with E-state index >= 15 is 0 Å². The topological polar surface area (TPSA) is 38.5 Å². The van der Waals surface area contributed by atoms with Crippen LogP contribution in [0.25, 0.3) is 0 Å². The van der Waals surface area contributed by atoms with Crippen molar-refractivity contribution >= 4 is 0 Å². The molecule has 1 saturated carbocycles. The van der Waals surface area contributed by atoms with Crippen LogP contribution < -0.4 is 5.73 Å². The first-order valence-corrected chi connectivity index (χ1v) is 7.71. The highest BCUT2D eigenvalue weighted by Gasteiger charge is 2.34. The normalized spacial score (nSPS) is 28.1.